The molecule has 0 aliphatic carbocycles. The Labute approximate surface area is 130 Å². The van der Waals surface area contributed by atoms with Gasteiger partial charge in [0, 0.05) is 18.8 Å². The van der Waals surface area contributed by atoms with Gasteiger partial charge in [0.25, 0.3) is 0 Å². The maximum Gasteiger partial charge on any atom is 0.121 e. The molecule has 1 atom stereocenters. The predicted molar refractivity (Wildman–Crippen MR) is 86.7 cm³/mol. The second kappa shape index (κ2) is 5.25. The van der Waals surface area contributed by atoms with Gasteiger partial charge in [-0.3, -0.25) is 9.58 Å². The number of H-pyrrole nitrogens is 1. The van der Waals surface area contributed by atoms with E-state index < -0.39 is 0 Å². The molecule has 1 aliphatic heterocycles. The highest BCUT2D eigenvalue weighted by Crippen LogP contribution is 2.24. The third-order valence-electron chi connectivity index (χ3n) is 4.45. The van der Waals surface area contributed by atoms with Gasteiger partial charge in [-0.2, -0.15) is 5.10 Å². The topological polar surface area (TPSA) is 49.7 Å². The first-order valence-electron chi connectivity index (χ1n) is 7.88. The molecule has 0 bridgehead atoms. The number of fused-ring (bicyclic) bond motifs is 1. The second-order valence-electron chi connectivity index (χ2n) is 6.25. The fraction of sp³-hybridized carbons (Fsp3) is 0.412. The molecule has 1 aromatic carbocycles. The van der Waals surface area contributed by atoms with Gasteiger partial charge < -0.3 is 4.98 Å². The molecule has 0 amide bonds. The van der Waals surface area contributed by atoms with Gasteiger partial charge in [0.05, 0.1) is 29.3 Å². The maximum absolute atomic E-state index is 4.68. The highest BCUT2D eigenvalue weighted by molar-refractivity contribution is 5.74. The molecule has 3 heterocycles. The molecule has 1 fully saturated rings. The van der Waals surface area contributed by atoms with Crippen LogP contribution in [0.1, 0.15) is 29.7 Å². The first-order chi connectivity index (χ1) is 10.7. The number of aryl methyl sites for hydroxylation is 2. The first kappa shape index (κ1) is 13.5. The Morgan fingerprint density at radius 1 is 1.27 bits per heavy atom. The maximum atomic E-state index is 4.68. The molecule has 3 aromatic rings. The van der Waals surface area contributed by atoms with E-state index in [-0.39, 0.29) is 0 Å². The lowest BCUT2D eigenvalue weighted by Crippen LogP contribution is -2.22. The van der Waals surface area contributed by atoms with Crippen molar-refractivity contribution in [3.05, 3.63) is 47.5 Å². The zero-order valence-corrected chi connectivity index (χ0v) is 13.1. The van der Waals surface area contributed by atoms with Gasteiger partial charge in [-0.15, -0.1) is 0 Å². The van der Waals surface area contributed by atoms with Gasteiger partial charge in [-0.1, -0.05) is 12.1 Å². The SMILES string of the molecule is Cc1cc(C)n([C@H]2CCN(Cc3nc4ccccc4[nH]3)C2)n1. The van der Waals surface area contributed by atoms with Crippen molar-refractivity contribution in [3.63, 3.8) is 0 Å². The lowest BCUT2D eigenvalue weighted by Gasteiger charge is -2.15. The van der Waals surface area contributed by atoms with Crippen LogP contribution in [0, 0.1) is 13.8 Å². The Kier molecular flexibility index (Phi) is 3.22. The molecule has 5 heteroatoms. The summed E-state index contributed by atoms with van der Waals surface area (Å²) in [4.78, 5) is 10.6. The van der Waals surface area contributed by atoms with E-state index in [2.05, 4.69) is 56.7 Å². The van der Waals surface area contributed by atoms with Crippen LogP contribution in [0.15, 0.2) is 30.3 Å². The molecule has 1 N–H and O–H groups in total. The Hall–Kier alpha value is -2.14. The van der Waals surface area contributed by atoms with Crippen molar-refractivity contribution < 1.29 is 0 Å². The molecule has 0 spiro atoms. The third kappa shape index (κ3) is 2.41. The molecular weight excluding hydrogens is 274 g/mol. The van der Waals surface area contributed by atoms with Crippen molar-refractivity contribution in [1.82, 2.24) is 24.6 Å². The minimum atomic E-state index is 0.484. The minimum Gasteiger partial charge on any atom is -0.341 e. The van der Waals surface area contributed by atoms with Gasteiger partial charge in [-0.05, 0) is 38.5 Å². The zero-order chi connectivity index (χ0) is 15.1. The number of rotatable bonds is 3. The van der Waals surface area contributed by atoms with Crippen molar-refractivity contribution in [2.24, 2.45) is 0 Å². The van der Waals surface area contributed by atoms with Crippen molar-refractivity contribution in [2.75, 3.05) is 13.1 Å². The molecule has 0 radical (unpaired) electrons. The number of aromatic nitrogens is 4. The fourth-order valence-electron chi connectivity index (χ4n) is 3.46. The number of hydrogen-bond donors (Lipinski definition) is 1. The van der Waals surface area contributed by atoms with E-state index in [1.807, 2.05) is 12.1 Å². The van der Waals surface area contributed by atoms with Crippen molar-refractivity contribution in [1.29, 1.82) is 0 Å². The third-order valence-corrected chi connectivity index (χ3v) is 4.45. The first-order valence-corrected chi connectivity index (χ1v) is 7.88. The second-order valence-corrected chi connectivity index (χ2v) is 6.25. The van der Waals surface area contributed by atoms with Gasteiger partial charge in [0.1, 0.15) is 5.82 Å². The summed E-state index contributed by atoms with van der Waals surface area (Å²) in [5.74, 6) is 1.05. The molecule has 2 aromatic heterocycles. The van der Waals surface area contributed by atoms with Crippen LogP contribution in [0.5, 0.6) is 0 Å². The van der Waals surface area contributed by atoms with Gasteiger partial charge >= 0.3 is 0 Å². The molecule has 0 saturated carbocycles. The highest BCUT2D eigenvalue weighted by atomic mass is 15.3. The van der Waals surface area contributed by atoms with Gasteiger partial charge in [-0.25, -0.2) is 4.98 Å². The van der Waals surface area contributed by atoms with E-state index in [4.69, 9.17) is 0 Å². The van der Waals surface area contributed by atoms with E-state index in [0.717, 1.165) is 48.6 Å². The number of para-hydroxylation sites is 2. The average Bonchev–Trinajstić information content (AvgIpc) is 3.17. The normalized spacial score (nSPS) is 19.3. The van der Waals surface area contributed by atoms with Crippen molar-refractivity contribution >= 4 is 11.0 Å². The number of nitrogens with one attached hydrogen (secondary N) is 1. The van der Waals surface area contributed by atoms with Crippen LogP contribution >= 0.6 is 0 Å². The number of nitrogens with zero attached hydrogens (tertiary/aromatic N) is 4. The van der Waals surface area contributed by atoms with Gasteiger partial charge in [0.15, 0.2) is 0 Å². The van der Waals surface area contributed by atoms with Crippen LogP contribution in [-0.2, 0) is 6.54 Å². The highest BCUT2D eigenvalue weighted by Gasteiger charge is 2.26. The number of hydrogen-bond acceptors (Lipinski definition) is 3. The number of benzene rings is 1. The molecule has 1 aliphatic rings. The Bertz CT molecular complexity index is 767. The summed E-state index contributed by atoms with van der Waals surface area (Å²) in [6, 6.07) is 10.8. The summed E-state index contributed by atoms with van der Waals surface area (Å²) >= 11 is 0. The van der Waals surface area contributed by atoms with Crippen LogP contribution in [-0.4, -0.2) is 37.7 Å². The van der Waals surface area contributed by atoms with Crippen molar-refractivity contribution in [3.8, 4) is 0 Å². The Balaban J connectivity index is 1.47. The van der Waals surface area contributed by atoms with E-state index in [9.17, 15) is 0 Å². The molecule has 114 valence electrons. The lowest BCUT2D eigenvalue weighted by atomic mass is 10.2. The lowest BCUT2D eigenvalue weighted by molar-refractivity contribution is 0.304. The van der Waals surface area contributed by atoms with Crippen LogP contribution in [0.4, 0.5) is 0 Å². The van der Waals surface area contributed by atoms with Crippen LogP contribution in [0.2, 0.25) is 0 Å². The largest absolute Gasteiger partial charge is 0.341 e. The Morgan fingerprint density at radius 3 is 2.91 bits per heavy atom. The van der Waals surface area contributed by atoms with Crippen LogP contribution in [0.25, 0.3) is 11.0 Å². The van der Waals surface area contributed by atoms with Crippen LogP contribution in [0.3, 0.4) is 0 Å². The quantitative estimate of drug-likeness (QED) is 0.808. The van der Waals surface area contributed by atoms with Gasteiger partial charge in [0.2, 0.25) is 0 Å². The summed E-state index contributed by atoms with van der Waals surface area (Å²) in [6.07, 6.45) is 1.15. The van der Waals surface area contributed by atoms with E-state index in [1.165, 1.54) is 5.69 Å². The summed E-state index contributed by atoms with van der Waals surface area (Å²) < 4.78 is 2.19. The minimum absolute atomic E-state index is 0.484. The van der Waals surface area contributed by atoms with Crippen LogP contribution < -0.4 is 0 Å². The zero-order valence-electron chi connectivity index (χ0n) is 13.1. The molecule has 0 unspecified atom stereocenters. The number of imidazole rings is 1. The fourth-order valence-corrected chi connectivity index (χ4v) is 3.46. The molecular formula is C17H21N5. The van der Waals surface area contributed by atoms with Crippen molar-refractivity contribution in [2.45, 2.75) is 32.9 Å². The smallest absolute Gasteiger partial charge is 0.121 e. The summed E-state index contributed by atoms with van der Waals surface area (Å²) in [7, 11) is 0. The van der Waals surface area contributed by atoms with E-state index >= 15 is 0 Å². The molecule has 4 rings (SSSR count). The molecule has 5 nitrogen and oxygen atoms in total. The molecule has 1 saturated heterocycles. The number of aromatic amines is 1. The predicted octanol–water partition coefficient (Wildman–Crippen LogP) is 2.82. The Morgan fingerprint density at radius 2 is 2.14 bits per heavy atom. The van der Waals surface area contributed by atoms with E-state index in [1.54, 1.807) is 0 Å². The molecule has 22 heavy (non-hydrogen) atoms. The average molecular weight is 295 g/mol. The number of likely N-dealkylation sites (tertiary alicyclic amines) is 1. The summed E-state index contributed by atoms with van der Waals surface area (Å²) in [6.45, 7) is 7.22. The monoisotopic (exact) mass is 295 g/mol. The van der Waals surface area contributed by atoms with E-state index in [0.29, 0.717) is 6.04 Å². The standard InChI is InChI=1S/C17H21N5/c1-12-9-13(2)22(20-12)14-7-8-21(10-14)11-17-18-15-5-3-4-6-16(15)19-17/h3-6,9,14H,7-8,10-11H2,1-2H3,(H,18,19)/t14-/m0/s1. The summed E-state index contributed by atoms with van der Waals surface area (Å²) in [5, 5.41) is 4.64. The summed E-state index contributed by atoms with van der Waals surface area (Å²) in [5.41, 5.74) is 4.53.